The first kappa shape index (κ1) is 7.34. The summed E-state index contributed by atoms with van der Waals surface area (Å²) in [5.41, 5.74) is 0.894. The summed E-state index contributed by atoms with van der Waals surface area (Å²) in [6.45, 7) is 8.15. The van der Waals surface area contributed by atoms with Gasteiger partial charge >= 0.3 is 0 Å². The molecule has 1 aliphatic carbocycles. The lowest BCUT2D eigenvalue weighted by Crippen LogP contribution is -2.42. The predicted octanol–water partition coefficient (Wildman–Crippen LogP) is 1.26. The number of hydrogen-bond donors (Lipinski definition) is 0. The van der Waals surface area contributed by atoms with E-state index in [4.69, 9.17) is 4.74 Å². The third kappa shape index (κ3) is 0.549. The van der Waals surface area contributed by atoms with Crippen LogP contribution in [0.5, 0.6) is 0 Å². The van der Waals surface area contributed by atoms with Crippen molar-refractivity contribution >= 4 is 0 Å². The fourth-order valence-electron chi connectivity index (χ4n) is 3.64. The summed E-state index contributed by atoms with van der Waals surface area (Å²) in [5.74, 6) is 0. The summed E-state index contributed by atoms with van der Waals surface area (Å²) in [6, 6.07) is 0. The molecule has 12 heavy (non-hydrogen) atoms. The highest BCUT2D eigenvalue weighted by molar-refractivity contribution is 5.30. The van der Waals surface area contributed by atoms with E-state index >= 15 is 0 Å². The second-order valence-corrected chi connectivity index (χ2v) is 4.99. The zero-order valence-corrected chi connectivity index (χ0v) is 7.97. The largest absolute Gasteiger partial charge is 0.374 e. The standard InChI is InChI=1S/C10H17NO/c1-9(2)8-10(9)4-3-5-11(10)6-7-12-8/h8H,3-7H2,1-2H3. The smallest absolute Gasteiger partial charge is 0.0835 e. The van der Waals surface area contributed by atoms with Gasteiger partial charge in [0.2, 0.25) is 0 Å². The molecule has 2 heterocycles. The van der Waals surface area contributed by atoms with Crippen molar-refractivity contribution in [2.45, 2.75) is 38.3 Å². The Balaban J connectivity index is 1.99. The first-order chi connectivity index (χ1) is 5.69. The zero-order chi connectivity index (χ0) is 8.40. The van der Waals surface area contributed by atoms with Crippen LogP contribution in [0.4, 0.5) is 0 Å². The van der Waals surface area contributed by atoms with Crippen LogP contribution in [-0.2, 0) is 4.74 Å². The molecule has 2 unspecified atom stereocenters. The molecule has 0 N–H and O–H groups in total. The van der Waals surface area contributed by atoms with E-state index < -0.39 is 0 Å². The predicted molar refractivity (Wildman–Crippen MR) is 47.1 cm³/mol. The topological polar surface area (TPSA) is 12.5 Å². The maximum Gasteiger partial charge on any atom is 0.0835 e. The summed E-state index contributed by atoms with van der Waals surface area (Å²) >= 11 is 0. The molecule has 2 atom stereocenters. The molecule has 2 aliphatic heterocycles. The fourth-order valence-corrected chi connectivity index (χ4v) is 3.64. The van der Waals surface area contributed by atoms with Gasteiger partial charge in [0.05, 0.1) is 18.2 Å². The van der Waals surface area contributed by atoms with Gasteiger partial charge in [0, 0.05) is 12.0 Å². The normalized spacial score (nSPS) is 50.0. The molecule has 0 aromatic heterocycles. The molecule has 0 bridgehead atoms. The quantitative estimate of drug-likeness (QED) is 0.538. The van der Waals surface area contributed by atoms with Crippen molar-refractivity contribution in [2.75, 3.05) is 19.7 Å². The van der Waals surface area contributed by atoms with E-state index in [2.05, 4.69) is 18.7 Å². The third-order valence-corrected chi connectivity index (χ3v) is 4.32. The van der Waals surface area contributed by atoms with Crippen molar-refractivity contribution in [1.29, 1.82) is 0 Å². The Hall–Kier alpha value is -0.0800. The summed E-state index contributed by atoms with van der Waals surface area (Å²) in [7, 11) is 0. The third-order valence-electron chi connectivity index (χ3n) is 4.32. The number of morpholine rings is 1. The molecule has 1 saturated carbocycles. The first-order valence-electron chi connectivity index (χ1n) is 5.06. The van der Waals surface area contributed by atoms with Gasteiger partial charge < -0.3 is 4.74 Å². The van der Waals surface area contributed by atoms with Gasteiger partial charge in [-0.15, -0.1) is 0 Å². The Kier molecular flexibility index (Phi) is 1.15. The lowest BCUT2D eigenvalue weighted by molar-refractivity contribution is 0.00936. The van der Waals surface area contributed by atoms with E-state index in [0.29, 0.717) is 17.1 Å². The van der Waals surface area contributed by atoms with Crippen molar-refractivity contribution < 1.29 is 4.74 Å². The lowest BCUT2D eigenvalue weighted by atomic mass is 10.0. The van der Waals surface area contributed by atoms with Gasteiger partial charge in [-0.3, -0.25) is 4.90 Å². The minimum Gasteiger partial charge on any atom is -0.374 e. The summed E-state index contributed by atoms with van der Waals surface area (Å²) in [4.78, 5) is 2.67. The molecule has 2 heteroatoms. The van der Waals surface area contributed by atoms with Crippen LogP contribution in [-0.4, -0.2) is 36.2 Å². The average Bonchev–Trinajstić information content (AvgIpc) is 2.48. The van der Waals surface area contributed by atoms with Crippen LogP contribution in [0.3, 0.4) is 0 Å². The zero-order valence-electron chi connectivity index (χ0n) is 7.97. The Morgan fingerprint density at radius 3 is 2.92 bits per heavy atom. The molecule has 2 nitrogen and oxygen atoms in total. The second kappa shape index (κ2) is 1.88. The average molecular weight is 167 g/mol. The van der Waals surface area contributed by atoms with Crippen molar-refractivity contribution in [3.8, 4) is 0 Å². The monoisotopic (exact) mass is 167 g/mol. The van der Waals surface area contributed by atoms with Gasteiger partial charge in [-0.05, 0) is 19.4 Å². The van der Waals surface area contributed by atoms with Gasteiger partial charge in [0.1, 0.15) is 0 Å². The highest BCUT2D eigenvalue weighted by Gasteiger charge is 2.76. The molecular formula is C10H17NO. The summed E-state index contributed by atoms with van der Waals surface area (Å²) in [6.07, 6.45) is 3.29. The summed E-state index contributed by atoms with van der Waals surface area (Å²) in [5, 5.41) is 0. The SMILES string of the molecule is CC1(C)C2OCCN3CCCC231. The Morgan fingerprint density at radius 1 is 1.33 bits per heavy atom. The minimum absolute atomic E-state index is 0.431. The first-order valence-corrected chi connectivity index (χ1v) is 5.06. The van der Waals surface area contributed by atoms with Crippen molar-refractivity contribution in [3.05, 3.63) is 0 Å². The Labute approximate surface area is 73.9 Å². The van der Waals surface area contributed by atoms with E-state index in [9.17, 15) is 0 Å². The van der Waals surface area contributed by atoms with Crippen LogP contribution in [0.25, 0.3) is 0 Å². The van der Waals surface area contributed by atoms with Gasteiger partial charge in [-0.1, -0.05) is 13.8 Å². The van der Waals surface area contributed by atoms with Gasteiger partial charge in [-0.25, -0.2) is 0 Å². The van der Waals surface area contributed by atoms with Gasteiger partial charge in [0.15, 0.2) is 0 Å². The molecule has 0 amide bonds. The Bertz CT molecular complexity index is 218. The number of ether oxygens (including phenoxy) is 1. The summed E-state index contributed by atoms with van der Waals surface area (Å²) < 4.78 is 5.83. The van der Waals surface area contributed by atoms with Crippen LogP contribution in [0.1, 0.15) is 26.7 Å². The maximum atomic E-state index is 5.83. The lowest BCUT2D eigenvalue weighted by Gasteiger charge is -2.30. The molecule has 2 saturated heterocycles. The van der Waals surface area contributed by atoms with Crippen LogP contribution >= 0.6 is 0 Å². The van der Waals surface area contributed by atoms with Crippen LogP contribution in [0.15, 0.2) is 0 Å². The molecule has 68 valence electrons. The minimum atomic E-state index is 0.431. The van der Waals surface area contributed by atoms with Crippen LogP contribution < -0.4 is 0 Å². The number of rotatable bonds is 0. The van der Waals surface area contributed by atoms with Crippen molar-refractivity contribution in [2.24, 2.45) is 5.41 Å². The van der Waals surface area contributed by atoms with Gasteiger partial charge in [0.25, 0.3) is 0 Å². The van der Waals surface area contributed by atoms with Crippen LogP contribution in [0, 0.1) is 5.41 Å². The van der Waals surface area contributed by atoms with Crippen LogP contribution in [0.2, 0.25) is 0 Å². The second-order valence-electron chi connectivity index (χ2n) is 4.99. The van der Waals surface area contributed by atoms with Crippen molar-refractivity contribution in [3.63, 3.8) is 0 Å². The molecule has 0 radical (unpaired) electrons. The van der Waals surface area contributed by atoms with E-state index in [1.54, 1.807) is 0 Å². The molecular weight excluding hydrogens is 150 g/mol. The Morgan fingerprint density at radius 2 is 2.17 bits per heavy atom. The molecule has 0 aromatic rings. The maximum absolute atomic E-state index is 5.83. The molecule has 0 aromatic carbocycles. The highest BCUT2D eigenvalue weighted by Crippen LogP contribution is 2.66. The number of hydrogen-bond acceptors (Lipinski definition) is 2. The van der Waals surface area contributed by atoms with Gasteiger partial charge in [-0.2, -0.15) is 0 Å². The van der Waals surface area contributed by atoms with Crippen molar-refractivity contribution in [1.82, 2.24) is 4.90 Å². The number of nitrogens with zero attached hydrogens (tertiary/aromatic N) is 1. The molecule has 3 fully saturated rings. The molecule has 3 rings (SSSR count). The van der Waals surface area contributed by atoms with E-state index in [-0.39, 0.29) is 0 Å². The van der Waals surface area contributed by atoms with E-state index in [1.165, 1.54) is 25.9 Å². The fraction of sp³-hybridized carbons (Fsp3) is 1.00. The molecule has 1 spiro atoms. The highest BCUT2D eigenvalue weighted by atomic mass is 16.5. The molecule has 3 aliphatic rings. The van der Waals surface area contributed by atoms with E-state index in [1.807, 2.05) is 0 Å². The van der Waals surface area contributed by atoms with E-state index in [0.717, 1.165) is 6.61 Å².